The van der Waals surface area contributed by atoms with E-state index in [2.05, 4.69) is 42.6 Å². The highest BCUT2D eigenvalue weighted by atomic mass is 16.5. The molecule has 0 aliphatic carbocycles. The highest BCUT2D eigenvalue weighted by Gasteiger charge is 2.07. The Morgan fingerprint density at radius 3 is 2.47 bits per heavy atom. The first-order chi connectivity index (χ1) is 9.11. The van der Waals surface area contributed by atoms with Gasteiger partial charge in [0.25, 0.3) is 0 Å². The Balaban J connectivity index is 2.44. The average Bonchev–Trinajstić information content (AvgIpc) is 2.36. The summed E-state index contributed by atoms with van der Waals surface area (Å²) in [4.78, 5) is 8.07. The van der Waals surface area contributed by atoms with Gasteiger partial charge in [-0.3, -0.25) is 0 Å². The lowest BCUT2D eigenvalue weighted by atomic mass is 10.00. The molecule has 104 valence electrons. The number of nitrogens with zero attached hydrogens (tertiary/aromatic N) is 2. The first-order valence-corrected chi connectivity index (χ1v) is 6.59. The van der Waals surface area contributed by atoms with E-state index in [0.29, 0.717) is 36.8 Å². The molecule has 0 spiro atoms. The van der Waals surface area contributed by atoms with E-state index in [0.717, 1.165) is 6.42 Å². The van der Waals surface area contributed by atoms with E-state index in [4.69, 9.17) is 9.47 Å². The Bertz CT molecular complexity index is 435. The summed E-state index contributed by atoms with van der Waals surface area (Å²) in [6, 6.07) is 1.69. The van der Waals surface area contributed by atoms with Crippen molar-refractivity contribution >= 4 is 0 Å². The van der Waals surface area contributed by atoms with Gasteiger partial charge in [0.15, 0.2) is 6.61 Å². The minimum absolute atomic E-state index is 0.330. The fourth-order valence-corrected chi connectivity index (χ4v) is 1.76. The van der Waals surface area contributed by atoms with E-state index in [1.54, 1.807) is 13.0 Å². The zero-order chi connectivity index (χ0) is 14.1. The third-order valence-electron chi connectivity index (χ3n) is 2.48. The molecule has 19 heavy (non-hydrogen) atoms. The van der Waals surface area contributed by atoms with Gasteiger partial charge < -0.3 is 9.47 Å². The van der Waals surface area contributed by atoms with Crippen LogP contribution >= 0.6 is 0 Å². The molecule has 4 nitrogen and oxygen atoms in total. The molecule has 4 heteroatoms. The molecule has 0 aliphatic rings. The number of ether oxygens (including phenoxy) is 2. The standard InChI is InChI=1S/C15H22N2O2/c1-5-6-7-18-14-9-15(17-11-16-14)19-10-13(4)8-12(2)3/h9,11-13H,7-8,10H2,1-4H3. The van der Waals surface area contributed by atoms with Crippen molar-refractivity contribution in [3.8, 4) is 23.6 Å². The van der Waals surface area contributed by atoms with Crippen LogP contribution in [0.2, 0.25) is 0 Å². The van der Waals surface area contributed by atoms with Gasteiger partial charge in [-0.15, -0.1) is 5.92 Å². The smallest absolute Gasteiger partial charge is 0.221 e. The lowest BCUT2D eigenvalue weighted by Gasteiger charge is -2.14. The molecule has 1 unspecified atom stereocenters. The highest BCUT2D eigenvalue weighted by Crippen LogP contribution is 2.16. The summed E-state index contributed by atoms with van der Waals surface area (Å²) in [5.74, 6) is 7.79. The molecule has 0 radical (unpaired) electrons. The third-order valence-corrected chi connectivity index (χ3v) is 2.48. The van der Waals surface area contributed by atoms with Crippen molar-refractivity contribution in [3.05, 3.63) is 12.4 Å². The van der Waals surface area contributed by atoms with Gasteiger partial charge in [0.2, 0.25) is 11.8 Å². The fourth-order valence-electron chi connectivity index (χ4n) is 1.76. The molecule has 0 amide bonds. The largest absolute Gasteiger partial charge is 0.477 e. The molecule has 0 aliphatic heterocycles. The van der Waals surface area contributed by atoms with Crippen LogP contribution in [0.3, 0.4) is 0 Å². The first kappa shape index (κ1) is 15.3. The van der Waals surface area contributed by atoms with Gasteiger partial charge in [-0.1, -0.05) is 26.7 Å². The second kappa shape index (κ2) is 8.36. The minimum atomic E-state index is 0.330. The predicted octanol–water partition coefficient (Wildman–Crippen LogP) is 2.94. The topological polar surface area (TPSA) is 44.2 Å². The molecule has 0 bridgehead atoms. The Hall–Kier alpha value is -1.76. The third kappa shape index (κ3) is 6.66. The van der Waals surface area contributed by atoms with Crippen molar-refractivity contribution in [3.63, 3.8) is 0 Å². The van der Waals surface area contributed by atoms with Crippen molar-refractivity contribution in [2.45, 2.75) is 34.1 Å². The van der Waals surface area contributed by atoms with Crippen molar-refractivity contribution < 1.29 is 9.47 Å². The molecule has 0 saturated heterocycles. The van der Waals surface area contributed by atoms with Crippen LogP contribution < -0.4 is 9.47 Å². The molecule has 1 rings (SSSR count). The number of hydrogen-bond acceptors (Lipinski definition) is 4. The molecule has 0 N–H and O–H groups in total. The van der Waals surface area contributed by atoms with Crippen molar-refractivity contribution in [2.75, 3.05) is 13.2 Å². The monoisotopic (exact) mass is 262 g/mol. The molecule has 1 heterocycles. The van der Waals surface area contributed by atoms with Crippen LogP contribution in [0.1, 0.15) is 34.1 Å². The van der Waals surface area contributed by atoms with E-state index in [9.17, 15) is 0 Å². The van der Waals surface area contributed by atoms with E-state index in [1.165, 1.54) is 6.33 Å². The second-order valence-electron chi connectivity index (χ2n) is 4.96. The van der Waals surface area contributed by atoms with Crippen LogP contribution in [-0.2, 0) is 0 Å². The quantitative estimate of drug-likeness (QED) is 0.709. The number of hydrogen-bond donors (Lipinski definition) is 0. The van der Waals surface area contributed by atoms with Crippen LogP contribution in [-0.4, -0.2) is 23.2 Å². The molecule has 0 saturated carbocycles. The molecule has 0 aromatic carbocycles. The highest BCUT2D eigenvalue weighted by molar-refractivity contribution is 5.18. The Kier molecular flexibility index (Phi) is 6.73. The second-order valence-corrected chi connectivity index (χ2v) is 4.96. The number of aromatic nitrogens is 2. The van der Waals surface area contributed by atoms with E-state index < -0.39 is 0 Å². The summed E-state index contributed by atoms with van der Waals surface area (Å²) in [5.41, 5.74) is 0. The van der Waals surface area contributed by atoms with Crippen molar-refractivity contribution in [1.82, 2.24) is 9.97 Å². The van der Waals surface area contributed by atoms with Gasteiger partial charge in [0.1, 0.15) is 6.33 Å². The molecule has 1 atom stereocenters. The summed E-state index contributed by atoms with van der Waals surface area (Å²) in [6.07, 6.45) is 2.58. The Labute approximate surface area is 115 Å². The zero-order valence-corrected chi connectivity index (χ0v) is 12.1. The van der Waals surface area contributed by atoms with E-state index >= 15 is 0 Å². The lowest BCUT2D eigenvalue weighted by Crippen LogP contribution is -2.11. The van der Waals surface area contributed by atoms with Gasteiger partial charge in [0, 0.05) is 0 Å². The van der Waals surface area contributed by atoms with Crippen LogP contribution in [0.4, 0.5) is 0 Å². The van der Waals surface area contributed by atoms with Crippen LogP contribution in [0.5, 0.6) is 11.8 Å². The van der Waals surface area contributed by atoms with Gasteiger partial charge in [-0.2, -0.15) is 0 Å². The lowest BCUT2D eigenvalue weighted by molar-refractivity contribution is 0.229. The first-order valence-electron chi connectivity index (χ1n) is 6.59. The molecule has 1 aromatic rings. The molecule has 0 fully saturated rings. The maximum atomic E-state index is 5.65. The Morgan fingerprint density at radius 2 is 1.84 bits per heavy atom. The van der Waals surface area contributed by atoms with Gasteiger partial charge in [-0.05, 0) is 25.2 Å². The van der Waals surface area contributed by atoms with E-state index in [-0.39, 0.29) is 0 Å². The maximum Gasteiger partial charge on any atom is 0.221 e. The van der Waals surface area contributed by atoms with E-state index in [1.807, 2.05) is 0 Å². The summed E-state index contributed by atoms with van der Waals surface area (Å²) < 4.78 is 11.0. The van der Waals surface area contributed by atoms with Crippen molar-refractivity contribution in [1.29, 1.82) is 0 Å². The van der Waals surface area contributed by atoms with Crippen LogP contribution in [0.25, 0.3) is 0 Å². The van der Waals surface area contributed by atoms with Gasteiger partial charge in [0.05, 0.1) is 12.7 Å². The summed E-state index contributed by atoms with van der Waals surface area (Å²) in [6.45, 7) is 9.35. The summed E-state index contributed by atoms with van der Waals surface area (Å²) in [7, 11) is 0. The number of rotatable bonds is 7. The predicted molar refractivity (Wildman–Crippen MR) is 75.1 cm³/mol. The van der Waals surface area contributed by atoms with Gasteiger partial charge >= 0.3 is 0 Å². The molecular weight excluding hydrogens is 240 g/mol. The van der Waals surface area contributed by atoms with Crippen molar-refractivity contribution in [2.24, 2.45) is 11.8 Å². The van der Waals surface area contributed by atoms with Crippen LogP contribution in [0.15, 0.2) is 12.4 Å². The van der Waals surface area contributed by atoms with Crippen LogP contribution in [0, 0.1) is 23.7 Å². The summed E-state index contributed by atoms with van der Waals surface area (Å²) in [5, 5.41) is 0. The van der Waals surface area contributed by atoms with Gasteiger partial charge in [-0.25, -0.2) is 9.97 Å². The zero-order valence-electron chi connectivity index (χ0n) is 12.1. The Morgan fingerprint density at radius 1 is 1.16 bits per heavy atom. The fraction of sp³-hybridized carbons (Fsp3) is 0.600. The maximum absolute atomic E-state index is 5.65. The summed E-state index contributed by atoms with van der Waals surface area (Å²) >= 11 is 0. The molecule has 1 aromatic heterocycles. The molecular formula is C15H22N2O2. The average molecular weight is 262 g/mol. The normalized spacial score (nSPS) is 11.6. The SMILES string of the molecule is CC#CCOc1cc(OCC(C)CC(C)C)ncn1. The minimum Gasteiger partial charge on any atom is -0.477 e.